The van der Waals surface area contributed by atoms with Gasteiger partial charge in [-0.1, -0.05) is 0 Å². The van der Waals surface area contributed by atoms with E-state index in [1.54, 1.807) is 0 Å². The standard InChI is InChI=1S/C5H9N.C4H7F3O.Cu/c1-5(2,3)6-4;1-3(2,8)4(5,6)7;/h1-3H3;8H,1-2H3;. The van der Waals surface area contributed by atoms with Crippen molar-refractivity contribution in [1.82, 2.24) is 0 Å². The average molecular weight is 275 g/mol. The van der Waals surface area contributed by atoms with Crippen LogP contribution in [0.4, 0.5) is 13.2 Å². The zero-order valence-corrected chi connectivity index (χ0v) is 10.3. The van der Waals surface area contributed by atoms with Crippen LogP contribution in [0.1, 0.15) is 34.6 Å². The molecule has 0 aliphatic rings. The number of alkyl halides is 3. The van der Waals surface area contributed by atoms with Crippen LogP contribution in [0.3, 0.4) is 0 Å². The van der Waals surface area contributed by atoms with Crippen molar-refractivity contribution in [3.8, 4) is 0 Å². The quantitative estimate of drug-likeness (QED) is 0.533. The van der Waals surface area contributed by atoms with Crippen LogP contribution in [-0.2, 0) is 17.1 Å². The maximum Gasteiger partial charge on any atom is 0.416 e. The number of hydrogen-bond acceptors (Lipinski definition) is 1. The van der Waals surface area contributed by atoms with Crippen molar-refractivity contribution in [3.05, 3.63) is 11.4 Å². The Hall–Kier alpha value is -0.241. The van der Waals surface area contributed by atoms with Crippen molar-refractivity contribution in [2.75, 3.05) is 0 Å². The van der Waals surface area contributed by atoms with Gasteiger partial charge in [0, 0.05) is 37.8 Å². The molecule has 0 aromatic heterocycles. The first-order valence-electron chi connectivity index (χ1n) is 3.99. The van der Waals surface area contributed by atoms with Gasteiger partial charge in [-0.25, -0.2) is 6.57 Å². The molecular weight excluding hydrogens is 259 g/mol. The number of aliphatic hydroxyl groups is 1. The van der Waals surface area contributed by atoms with Gasteiger partial charge in [-0.15, -0.1) is 0 Å². The van der Waals surface area contributed by atoms with E-state index in [9.17, 15) is 13.2 Å². The molecule has 0 heterocycles. The maximum absolute atomic E-state index is 11.3. The number of rotatable bonds is 0. The van der Waals surface area contributed by atoms with Crippen molar-refractivity contribution < 1.29 is 35.3 Å². The van der Waals surface area contributed by atoms with E-state index in [-0.39, 0.29) is 22.6 Å². The van der Waals surface area contributed by atoms with Gasteiger partial charge in [0.1, 0.15) is 0 Å². The Morgan fingerprint density at radius 3 is 1.13 bits per heavy atom. The summed E-state index contributed by atoms with van der Waals surface area (Å²) >= 11 is 0. The number of hydrogen-bond donors (Lipinski definition) is 1. The van der Waals surface area contributed by atoms with Gasteiger partial charge in [0.15, 0.2) is 5.60 Å². The molecule has 1 N–H and O–H groups in total. The van der Waals surface area contributed by atoms with Crippen LogP contribution in [-0.4, -0.2) is 22.4 Å². The van der Waals surface area contributed by atoms with E-state index in [1.807, 2.05) is 20.8 Å². The van der Waals surface area contributed by atoms with Crippen molar-refractivity contribution in [1.29, 1.82) is 0 Å². The molecule has 1 radical (unpaired) electrons. The summed E-state index contributed by atoms with van der Waals surface area (Å²) in [5.74, 6) is 0. The summed E-state index contributed by atoms with van der Waals surface area (Å²) in [5, 5.41) is 8.23. The van der Waals surface area contributed by atoms with Gasteiger partial charge < -0.3 is 9.95 Å². The normalized spacial score (nSPS) is 11.7. The SMILES string of the molecule is CC(C)(O)C(F)(F)F.[C-]#[N+]C(C)(C)C.[Cu]. The zero-order valence-electron chi connectivity index (χ0n) is 9.33. The molecule has 95 valence electrons. The van der Waals surface area contributed by atoms with Crippen LogP contribution in [0.25, 0.3) is 4.85 Å². The van der Waals surface area contributed by atoms with Gasteiger partial charge >= 0.3 is 6.18 Å². The molecule has 0 fully saturated rings. The van der Waals surface area contributed by atoms with E-state index in [0.29, 0.717) is 13.8 Å². The summed E-state index contributed by atoms with van der Waals surface area (Å²) < 4.78 is 33.9. The molecule has 0 aliphatic carbocycles. The summed E-state index contributed by atoms with van der Waals surface area (Å²) in [5.41, 5.74) is -2.73. The van der Waals surface area contributed by atoms with Crippen LogP contribution in [0, 0.1) is 6.57 Å². The fourth-order valence-electron chi connectivity index (χ4n) is 0. The molecule has 0 spiro atoms. The number of nitrogens with zero attached hydrogens (tertiary/aromatic N) is 1. The van der Waals surface area contributed by atoms with Crippen LogP contribution >= 0.6 is 0 Å². The molecule has 0 bridgehead atoms. The second-order valence-corrected chi connectivity index (χ2v) is 4.34. The predicted molar refractivity (Wildman–Crippen MR) is 48.7 cm³/mol. The molecule has 15 heavy (non-hydrogen) atoms. The Bertz CT molecular complexity index is 195. The van der Waals surface area contributed by atoms with E-state index in [0.717, 1.165) is 0 Å². The average Bonchev–Trinajstić information content (AvgIpc) is 1.82. The summed E-state index contributed by atoms with van der Waals surface area (Å²) in [4.78, 5) is 3.27. The monoisotopic (exact) mass is 274 g/mol. The number of halogens is 3. The van der Waals surface area contributed by atoms with Gasteiger partial charge in [-0.05, 0) is 13.8 Å². The summed E-state index contributed by atoms with van der Waals surface area (Å²) in [7, 11) is 0. The maximum atomic E-state index is 11.3. The van der Waals surface area contributed by atoms with Crippen molar-refractivity contribution in [3.63, 3.8) is 0 Å². The van der Waals surface area contributed by atoms with Crippen LogP contribution < -0.4 is 0 Å². The first kappa shape index (κ1) is 20.2. The molecule has 0 aromatic rings. The fraction of sp³-hybridized carbons (Fsp3) is 0.889. The minimum atomic E-state index is -4.51. The van der Waals surface area contributed by atoms with Gasteiger partial charge in [-0.3, -0.25) is 0 Å². The second kappa shape index (κ2) is 6.37. The third kappa shape index (κ3) is 13.8. The Morgan fingerprint density at radius 1 is 1.00 bits per heavy atom. The molecule has 0 rings (SSSR count). The van der Waals surface area contributed by atoms with E-state index in [4.69, 9.17) is 11.7 Å². The molecule has 0 saturated carbocycles. The molecule has 0 aromatic carbocycles. The van der Waals surface area contributed by atoms with Crippen molar-refractivity contribution in [2.24, 2.45) is 0 Å². The Balaban J connectivity index is -0.000000187. The fourth-order valence-corrected chi connectivity index (χ4v) is 0. The summed E-state index contributed by atoms with van der Waals surface area (Å²) in [6.07, 6.45) is -4.51. The van der Waals surface area contributed by atoms with Gasteiger partial charge in [0.25, 0.3) is 0 Å². The molecule has 0 unspecified atom stereocenters. The van der Waals surface area contributed by atoms with Crippen LogP contribution in [0.5, 0.6) is 0 Å². The molecule has 0 aliphatic heterocycles. The minimum absolute atomic E-state index is 0. The van der Waals surface area contributed by atoms with E-state index < -0.39 is 11.8 Å². The first-order chi connectivity index (χ1) is 5.81. The Morgan fingerprint density at radius 2 is 1.13 bits per heavy atom. The largest absolute Gasteiger partial charge is 0.416 e. The minimum Gasteiger partial charge on any atom is -0.381 e. The molecule has 0 amide bonds. The Labute approximate surface area is 99.2 Å². The van der Waals surface area contributed by atoms with E-state index in [1.165, 1.54) is 0 Å². The first-order valence-corrected chi connectivity index (χ1v) is 3.99. The smallest absolute Gasteiger partial charge is 0.381 e. The molecular formula is C9H16CuF3NO. The summed E-state index contributed by atoms with van der Waals surface area (Å²) in [6, 6.07) is 0. The Kier molecular flexibility index (Phi) is 8.57. The second-order valence-electron chi connectivity index (χ2n) is 4.34. The predicted octanol–water partition coefficient (Wildman–Crippen LogP) is 3.02. The van der Waals surface area contributed by atoms with Gasteiger partial charge in [0.2, 0.25) is 5.54 Å². The molecule has 0 saturated heterocycles. The van der Waals surface area contributed by atoms with E-state index >= 15 is 0 Å². The third-order valence-corrected chi connectivity index (χ3v) is 1.03. The van der Waals surface area contributed by atoms with Crippen molar-refractivity contribution in [2.45, 2.75) is 51.9 Å². The zero-order chi connectivity index (χ0) is 12.2. The summed E-state index contributed by atoms with van der Waals surface area (Å²) in [6.45, 7) is 13.5. The third-order valence-electron chi connectivity index (χ3n) is 1.03. The van der Waals surface area contributed by atoms with Gasteiger partial charge in [-0.2, -0.15) is 13.2 Å². The van der Waals surface area contributed by atoms with E-state index in [2.05, 4.69) is 4.85 Å². The molecule has 2 nitrogen and oxygen atoms in total. The van der Waals surface area contributed by atoms with Crippen LogP contribution in [0.15, 0.2) is 0 Å². The molecule has 0 atom stereocenters. The van der Waals surface area contributed by atoms with Crippen molar-refractivity contribution >= 4 is 0 Å². The van der Waals surface area contributed by atoms with Crippen LogP contribution in [0.2, 0.25) is 0 Å². The topological polar surface area (TPSA) is 24.6 Å². The molecule has 6 heteroatoms. The van der Waals surface area contributed by atoms with Gasteiger partial charge in [0.05, 0.1) is 0 Å².